The Kier molecular flexibility index (Phi) is 8.81. The zero-order valence-corrected chi connectivity index (χ0v) is 17.2. The number of hydrogen-bond acceptors (Lipinski definition) is 3. The van der Waals surface area contributed by atoms with E-state index in [1.165, 1.54) is 31.2 Å². The second-order valence-corrected chi connectivity index (χ2v) is 7.02. The monoisotopic (exact) mass is 370 g/mol. The molecule has 1 unspecified atom stereocenters. The van der Waals surface area contributed by atoms with E-state index in [0.29, 0.717) is 19.0 Å². The van der Waals surface area contributed by atoms with Gasteiger partial charge in [-0.25, -0.2) is 4.99 Å². The lowest BCUT2D eigenvalue weighted by molar-refractivity contribution is 0.443. The number of guanidine groups is 1. The van der Waals surface area contributed by atoms with Gasteiger partial charge in [-0.05, 0) is 24.8 Å². The third-order valence-corrected chi connectivity index (χ3v) is 4.96. The summed E-state index contributed by atoms with van der Waals surface area (Å²) in [5.41, 5.74) is 1.20. The molecule has 6 heteroatoms. The third kappa shape index (κ3) is 7.04. The van der Waals surface area contributed by atoms with Gasteiger partial charge in [0.2, 0.25) is 0 Å². The van der Waals surface area contributed by atoms with Gasteiger partial charge in [-0.2, -0.15) is 0 Å². The summed E-state index contributed by atoms with van der Waals surface area (Å²) in [6.07, 6.45) is 4.97. The fraction of sp³-hybridized carbons (Fsp3) is 0.571. The summed E-state index contributed by atoms with van der Waals surface area (Å²) in [6, 6.07) is 10.3. The summed E-state index contributed by atoms with van der Waals surface area (Å²) in [4.78, 5) is 4.77. The van der Waals surface area contributed by atoms with Crippen LogP contribution in [0.15, 0.2) is 35.3 Å². The number of nitrogens with zero attached hydrogens (tertiary/aromatic N) is 4. The smallest absolute Gasteiger partial charge is 0.191 e. The Bertz CT molecular complexity index is 692. The number of aryl methyl sites for hydroxylation is 1. The van der Waals surface area contributed by atoms with Crippen LogP contribution in [0.1, 0.15) is 56.7 Å². The first-order valence-corrected chi connectivity index (χ1v) is 10.0. The lowest BCUT2D eigenvalue weighted by Crippen LogP contribution is -2.40. The Labute approximate surface area is 163 Å². The van der Waals surface area contributed by atoms with Gasteiger partial charge in [-0.15, -0.1) is 10.2 Å². The highest BCUT2D eigenvalue weighted by atomic mass is 15.3. The van der Waals surface area contributed by atoms with E-state index in [2.05, 4.69) is 46.8 Å². The summed E-state index contributed by atoms with van der Waals surface area (Å²) in [5.74, 6) is 3.31. The van der Waals surface area contributed by atoms with Crippen molar-refractivity contribution < 1.29 is 0 Å². The van der Waals surface area contributed by atoms with Crippen molar-refractivity contribution in [3.05, 3.63) is 47.5 Å². The van der Waals surface area contributed by atoms with Crippen molar-refractivity contribution in [1.29, 1.82) is 0 Å². The molecule has 0 fully saturated rings. The van der Waals surface area contributed by atoms with E-state index in [-0.39, 0.29) is 0 Å². The topological polar surface area (TPSA) is 67.1 Å². The van der Waals surface area contributed by atoms with Crippen LogP contribution >= 0.6 is 0 Å². The maximum absolute atomic E-state index is 4.77. The highest BCUT2D eigenvalue weighted by Gasteiger charge is 2.09. The molecule has 2 N–H and O–H groups in total. The zero-order valence-electron chi connectivity index (χ0n) is 17.2. The number of benzene rings is 1. The second-order valence-electron chi connectivity index (χ2n) is 7.02. The number of hydrogen-bond donors (Lipinski definition) is 2. The van der Waals surface area contributed by atoms with E-state index in [1.54, 1.807) is 0 Å². The Morgan fingerprint density at radius 1 is 1.15 bits per heavy atom. The van der Waals surface area contributed by atoms with Gasteiger partial charge >= 0.3 is 0 Å². The summed E-state index contributed by atoms with van der Waals surface area (Å²) < 4.78 is 2.00. The Hall–Kier alpha value is -2.37. The Balaban J connectivity index is 1.99. The van der Waals surface area contributed by atoms with Gasteiger partial charge < -0.3 is 15.2 Å². The predicted octanol–water partition coefficient (Wildman–Crippen LogP) is 3.58. The van der Waals surface area contributed by atoms with E-state index in [4.69, 9.17) is 4.99 Å². The lowest BCUT2D eigenvalue weighted by atomic mass is 9.99. The predicted molar refractivity (Wildman–Crippen MR) is 111 cm³/mol. The van der Waals surface area contributed by atoms with E-state index in [1.807, 2.05) is 36.7 Å². The fourth-order valence-electron chi connectivity index (χ4n) is 2.88. The average Bonchev–Trinajstić information content (AvgIpc) is 3.02. The van der Waals surface area contributed by atoms with Crippen LogP contribution in [0, 0.1) is 12.8 Å². The normalized spacial score (nSPS) is 12.8. The molecule has 0 amide bonds. The molecule has 0 radical (unpaired) electrons. The number of unbranched alkanes of at least 4 members (excludes halogenated alkanes) is 1. The van der Waals surface area contributed by atoms with Gasteiger partial charge in [0.15, 0.2) is 11.8 Å². The largest absolute Gasteiger partial charge is 0.356 e. The first-order chi connectivity index (χ1) is 13.1. The van der Waals surface area contributed by atoms with Gasteiger partial charge in [0, 0.05) is 13.6 Å². The SMILES string of the molecule is CCCCC(CC)CNC(=NCc1ccccc1)NCc1nnc(C)n1C. The van der Waals surface area contributed by atoms with Crippen LogP contribution in [0.4, 0.5) is 0 Å². The van der Waals surface area contributed by atoms with Crippen LogP contribution in [0.3, 0.4) is 0 Å². The molecule has 6 nitrogen and oxygen atoms in total. The van der Waals surface area contributed by atoms with E-state index in [9.17, 15) is 0 Å². The number of rotatable bonds is 10. The molecule has 0 aliphatic rings. The molecular weight excluding hydrogens is 336 g/mol. The average molecular weight is 371 g/mol. The summed E-state index contributed by atoms with van der Waals surface area (Å²) >= 11 is 0. The quantitative estimate of drug-likeness (QED) is 0.495. The van der Waals surface area contributed by atoms with Gasteiger partial charge in [-0.3, -0.25) is 0 Å². The van der Waals surface area contributed by atoms with Crippen molar-refractivity contribution in [2.24, 2.45) is 18.0 Å². The number of aromatic nitrogens is 3. The van der Waals surface area contributed by atoms with E-state index >= 15 is 0 Å². The minimum absolute atomic E-state index is 0.601. The van der Waals surface area contributed by atoms with Crippen molar-refractivity contribution >= 4 is 5.96 Å². The lowest BCUT2D eigenvalue weighted by Gasteiger charge is -2.18. The van der Waals surface area contributed by atoms with Crippen LogP contribution in [0.2, 0.25) is 0 Å². The molecule has 0 aliphatic heterocycles. The first-order valence-electron chi connectivity index (χ1n) is 10.0. The molecule has 1 aromatic carbocycles. The molecule has 1 aromatic heterocycles. The van der Waals surface area contributed by atoms with Gasteiger partial charge in [0.25, 0.3) is 0 Å². The molecule has 2 rings (SSSR count). The second kappa shape index (κ2) is 11.4. The minimum atomic E-state index is 0.601. The number of aliphatic imine (C=N–C) groups is 1. The van der Waals surface area contributed by atoms with Gasteiger partial charge in [-0.1, -0.05) is 63.4 Å². The Morgan fingerprint density at radius 2 is 1.93 bits per heavy atom. The van der Waals surface area contributed by atoms with Crippen LogP contribution in [-0.4, -0.2) is 27.3 Å². The van der Waals surface area contributed by atoms with Crippen LogP contribution in [0.25, 0.3) is 0 Å². The van der Waals surface area contributed by atoms with Crippen LogP contribution in [0.5, 0.6) is 0 Å². The molecule has 0 aliphatic carbocycles. The van der Waals surface area contributed by atoms with E-state index < -0.39 is 0 Å². The van der Waals surface area contributed by atoms with Crippen LogP contribution in [-0.2, 0) is 20.1 Å². The van der Waals surface area contributed by atoms with Gasteiger partial charge in [0.1, 0.15) is 5.82 Å². The standard InChI is InChI=1S/C21H34N6/c1-5-7-11-18(6-2)14-22-21(23-15-19-12-9-8-10-13-19)24-16-20-26-25-17(3)27(20)4/h8-10,12-13,18H,5-7,11,14-16H2,1-4H3,(H2,22,23,24). The molecule has 1 atom stereocenters. The molecule has 2 aromatic rings. The third-order valence-electron chi connectivity index (χ3n) is 4.96. The molecule has 27 heavy (non-hydrogen) atoms. The molecule has 0 saturated heterocycles. The maximum atomic E-state index is 4.77. The highest BCUT2D eigenvalue weighted by Crippen LogP contribution is 2.11. The van der Waals surface area contributed by atoms with Gasteiger partial charge in [0.05, 0.1) is 13.1 Å². The molecule has 0 spiro atoms. The highest BCUT2D eigenvalue weighted by molar-refractivity contribution is 5.79. The molecule has 148 valence electrons. The van der Waals surface area contributed by atoms with Crippen molar-refractivity contribution in [3.8, 4) is 0 Å². The molecular formula is C21H34N6. The zero-order chi connectivity index (χ0) is 19.5. The number of nitrogens with one attached hydrogen (secondary N) is 2. The Morgan fingerprint density at radius 3 is 2.56 bits per heavy atom. The summed E-state index contributed by atoms with van der Waals surface area (Å²) in [5, 5.41) is 15.3. The first kappa shape index (κ1) is 20.9. The molecule has 1 heterocycles. The van der Waals surface area contributed by atoms with Crippen LogP contribution < -0.4 is 10.6 Å². The fourth-order valence-corrected chi connectivity index (χ4v) is 2.88. The van der Waals surface area contributed by atoms with Crippen molar-refractivity contribution in [2.75, 3.05) is 6.54 Å². The van der Waals surface area contributed by atoms with Crippen molar-refractivity contribution in [3.63, 3.8) is 0 Å². The van der Waals surface area contributed by atoms with Crippen molar-refractivity contribution in [1.82, 2.24) is 25.4 Å². The molecule has 0 saturated carbocycles. The summed E-state index contributed by atoms with van der Waals surface area (Å²) in [7, 11) is 1.98. The minimum Gasteiger partial charge on any atom is -0.356 e. The maximum Gasteiger partial charge on any atom is 0.191 e. The summed E-state index contributed by atoms with van der Waals surface area (Å²) in [6.45, 7) is 8.66. The molecule has 0 bridgehead atoms. The van der Waals surface area contributed by atoms with Crippen molar-refractivity contribution in [2.45, 2.75) is 59.5 Å². The van der Waals surface area contributed by atoms with E-state index in [0.717, 1.165) is 24.2 Å².